The molecule has 152 valence electrons. The predicted octanol–water partition coefficient (Wildman–Crippen LogP) is 2.65. The van der Waals surface area contributed by atoms with Crippen molar-refractivity contribution in [1.29, 1.82) is 0 Å². The third-order valence-corrected chi connectivity index (χ3v) is 4.18. The smallest absolute Gasteiger partial charge is 0.326 e. The summed E-state index contributed by atoms with van der Waals surface area (Å²) in [6.45, 7) is 1.12. The number of carbonyl (C=O) groups excluding carboxylic acids is 3. The molecule has 2 aromatic carbocycles. The number of anilines is 2. The van der Waals surface area contributed by atoms with Crippen molar-refractivity contribution in [3.8, 4) is 5.75 Å². The van der Waals surface area contributed by atoms with E-state index in [-0.39, 0.29) is 24.6 Å². The molecule has 0 unspecified atom stereocenters. The Kier molecular flexibility index (Phi) is 6.06. The zero-order valence-electron chi connectivity index (χ0n) is 15.5. The number of nitrogens with one attached hydrogen (secondary N) is 1. The summed E-state index contributed by atoms with van der Waals surface area (Å²) >= 11 is 0. The fourth-order valence-corrected chi connectivity index (χ4v) is 2.73. The van der Waals surface area contributed by atoms with Crippen molar-refractivity contribution in [2.45, 2.75) is 19.4 Å². The highest BCUT2D eigenvalue weighted by Gasteiger charge is 2.27. The van der Waals surface area contributed by atoms with E-state index in [1.807, 2.05) is 0 Å². The molecule has 0 aliphatic carbocycles. The third kappa shape index (κ3) is 4.87. The van der Waals surface area contributed by atoms with Crippen molar-refractivity contribution in [2.75, 3.05) is 23.4 Å². The van der Waals surface area contributed by atoms with E-state index in [1.54, 1.807) is 24.3 Å². The first kappa shape index (κ1) is 20.2. The number of rotatable bonds is 5. The van der Waals surface area contributed by atoms with Crippen LogP contribution in [0.1, 0.15) is 13.3 Å². The molecular weight excluding hydrogens is 386 g/mol. The molecule has 1 aliphatic rings. The molecular formula is C20H18F2N2O5. The summed E-state index contributed by atoms with van der Waals surface area (Å²) in [7, 11) is 0. The van der Waals surface area contributed by atoms with Gasteiger partial charge in [-0.2, -0.15) is 0 Å². The van der Waals surface area contributed by atoms with Crippen molar-refractivity contribution in [3.05, 3.63) is 54.1 Å². The molecule has 0 saturated carbocycles. The third-order valence-electron chi connectivity index (χ3n) is 4.18. The molecule has 2 amide bonds. The second kappa shape index (κ2) is 8.68. The molecule has 7 nitrogen and oxygen atoms in total. The minimum absolute atomic E-state index is 0.0190. The first-order chi connectivity index (χ1) is 13.8. The molecule has 0 saturated heterocycles. The molecule has 0 spiro atoms. The van der Waals surface area contributed by atoms with Gasteiger partial charge in [-0.3, -0.25) is 19.3 Å². The van der Waals surface area contributed by atoms with Crippen LogP contribution in [0.5, 0.6) is 5.75 Å². The highest BCUT2D eigenvalue weighted by Crippen LogP contribution is 2.30. The lowest BCUT2D eigenvalue weighted by atomic mass is 10.2. The second-order valence-corrected chi connectivity index (χ2v) is 6.30. The van der Waals surface area contributed by atoms with Crippen molar-refractivity contribution in [1.82, 2.24) is 0 Å². The van der Waals surface area contributed by atoms with Crippen molar-refractivity contribution in [3.63, 3.8) is 0 Å². The molecule has 29 heavy (non-hydrogen) atoms. The van der Waals surface area contributed by atoms with Gasteiger partial charge in [-0.25, -0.2) is 8.78 Å². The van der Waals surface area contributed by atoms with Crippen LogP contribution < -0.4 is 15.0 Å². The first-order valence-electron chi connectivity index (χ1n) is 8.82. The van der Waals surface area contributed by atoms with Gasteiger partial charge in [0.15, 0.2) is 17.7 Å². The molecule has 9 heteroatoms. The van der Waals surface area contributed by atoms with E-state index in [4.69, 9.17) is 9.47 Å². The van der Waals surface area contributed by atoms with E-state index in [9.17, 15) is 23.2 Å². The Morgan fingerprint density at radius 1 is 1.21 bits per heavy atom. The van der Waals surface area contributed by atoms with Crippen LogP contribution in [0.4, 0.5) is 20.2 Å². The Bertz CT molecular complexity index is 950. The summed E-state index contributed by atoms with van der Waals surface area (Å²) in [5, 5.41) is 2.33. The zero-order valence-corrected chi connectivity index (χ0v) is 15.5. The fourth-order valence-electron chi connectivity index (χ4n) is 2.73. The maximum atomic E-state index is 13.2. The molecule has 1 heterocycles. The van der Waals surface area contributed by atoms with E-state index in [0.29, 0.717) is 11.4 Å². The van der Waals surface area contributed by atoms with E-state index in [1.165, 1.54) is 17.9 Å². The SMILES string of the molecule is C[C@H](OC(=O)CN1C(=O)CCOc2ccccc21)C(=O)Nc1ccc(F)c(F)c1. The van der Waals surface area contributed by atoms with Gasteiger partial charge in [-0.1, -0.05) is 12.1 Å². The Balaban J connectivity index is 1.63. The van der Waals surface area contributed by atoms with Gasteiger partial charge in [0.1, 0.15) is 12.3 Å². The number of hydrogen-bond donors (Lipinski definition) is 1. The number of halogens is 2. The fraction of sp³-hybridized carbons (Fsp3) is 0.250. The molecule has 3 rings (SSSR count). The van der Waals surface area contributed by atoms with Gasteiger partial charge in [-0.05, 0) is 31.2 Å². The van der Waals surface area contributed by atoms with Gasteiger partial charge in [0.2, 0.25) is 5.91 Å². The number of para-hydroxylation sites is 2. The van der Waals surface area contributed by atoms with Crippen LogP contribution in [0.3, 0.4) is 0 Å². The van der Waals surface area contributed by atoms with E-state index in [2.05, 4.69) is 5.32 Å². The summed E-state index contributed by atoms with van der Waals surface area (Å²) in [5.74, 6) is -3.54. The van der Waals surface area contributed by atoms with E-state index in [0.717, 1.165) is 12.1 Å². The van der Waals surface area contributed by atoms with E-state index >= 15 is 0 Å². The Morgan fingerprint density at radius 3 is 2.72 bits per heavy atom. The van der Waals surface area contributed by atoms with Crippen molar-refractivity contribution in [2.24, 2.45) is 0 Å². The number of benzene rings is 2. The monoisotopic (exact) mass is 404 g/mol. The predicted molar refractivity (Wildman–Crippen MR) is 99.4 cm³/mol. The molecule has 1 atom stereocenters. The Labute approximate surface area is 165 Å². The highest BCUT2D eigenvalue weighted by molar-refractivity contribution is 6.00. The number of amides is 2. The van der Waals surface area contributed by atoms with Gasteiger partial charge in [0, 0.05) is 11.8 Å². The number of ether oxygens (including phenoxy) is 2. The lowest BCUT2D eigenvalue weighted by Gasteiger charge is -2.22. The summed E-state index contributed by atoms with van der Waals surface area (Å²) in [6, 6.07) is 9.64. The number of esters is 1. The maximum Gasteiger partial charge on any atom is 0.326 e. The number of carbonyl (C=O) groups is 3. The first-order valence-corrected chi connectivity index (χ1v) is 8.82. The summed E-state index contributed by atoms with van der Waals surface area (Å²) < 4.78 is 36.8. The number of fused-ring (bicyclic) bond motifs is 1. The lowest BCUT2D eigenvalue weighted by molar-refractivity contribution is -0.152. The summed E-state index contributed by atoms with van der Waals surface area (Å²) in [5.41, 5.74) is 0.455. The highest BCUT2D eigenvalue weighted by atomic mass is 19.2. The molecule has 0 radical (unpaired) electrons. The molecule has 0 aromatic heterocycles. The average molecular weight is 404 g/mol. The second-order valence-electron chi connectivity index (χ2n) is 6.30. The Morgan fingerprint density at radius 2 is 1.97 bits per heavy atom. The van der Waals surface area contributed by atoms with Gasteiger partial charge >= 0.3 is 5.97 Å². The molecule has 0 fully saturated rings. The standard InChI is InChI=1S/C20H18F2N2O5/c1-12(20(27)23-13-6-7-14(21)15(22)10-13)29-19(26)11-24-16-4-2-3-5-17(16)28-9-8-18(24)25/h2-7,10,12H,8-9,11H2,1H3,(H,23,27)/t12-/m0/s1. The van der Waals surface area contributed by atoms with Crippen LogP contribution >= 0.6 is 0 Å². The van der Waals surface area contributed by atoms with Gasteiger partial charge in [0.05, 0.1) is 18.7 Å². The Hall–Kier alpha value is -3.49. The van der Waals surface area contributed by atoms with Crippen LogP contribution in [0, 0.1) is 11.6 Å². The summed E-state index contributed by atoms with van der Waals surface area (Å²) in [4.78, 5) is 38.0. The molecule has 1 N–H and O–H groups in total. The van der Waals surface area contributed by atoms with Crippen molar-refractivity contribution >= 4 is 29.2 Å². The topological polar surface area (TPSA) is 84.9 Å². The van der Waals surface area contributed by atoms with Crippen LogP contribution in [0.25, 0.3) is 0 Å². The minimum atomic E-state index is -1.22. The molecule has 0 bridgehead atoms. The number of hydrogen-bond acceptors (Lipinski definition) is 5. The lowest BCUT2D eigenvalue weighted by Crippen LogP contribution is -2.39. The van der Waals surface area contributed by atoms with E-state index < -0.39 is 36.2 Å². The largest absolute Gasteiger partial charge is 0.491 e. The quantitative estimate of drug-likeness (QED) is 0.775. The van der Waals surface area contributed by atoms with Crippen molar-refractivity contribution < 1.29 is 32.6 Å². The zero-order chi connectivity index (χ0) is 21.0. The van der Waals surface area contributed by atoms with Gasteiger partial charge < -0.3 is 14.8 Å². The van der Waals surface area contributed by atoms with Crippen LogP contribution in [0.15, 0.2) is 42.5 Å². The minimum Gasteiger partial charge on any atom is -0.491 e. The van der Waals surface area contributed by atoms with Gasteiger partial charge in [0.25, 0.3) is 5.91 Å². The maximum absolute atomic E-state index is 13.2. The molecule has 2 aromatic rings. The van der Waals surface area contributed by atoms with Crippen LogP contribution in [-0.4, -0.2) is 37.0 Å². The molecule has 1 aliphatic heterocycles. The van der Waals surface area contributed by atoms with Crippen LogP contribution in [0.2, 0.25) is 0 Å². The van der Waals surface area contributed by atoms with Crippen LogP contribution in [-0.2, 0) is 19.1 Å². The number of nitrogens with zero attached hydrogens (tertiary/aromatic N) is 1. The normalized spacial score (nSPS) is 14.3. The van der Waals surface area contributed by atoms with Gasteiger partial charge in [-0.15, -0.1) is 0 Å². The average Bonchev–Trinajstić information content (AvgIpc) is 2.84. The summed E-state index contributed by atoms with van der Waals surface area (Å²) in [6.07, 6.45) is -1.13.